The number of rotatable bonds is 8. The molecule has 2 aromatic heterocycles. The Labute approximate surface area is 224 Å². The standard InChI is InChI=1S/C30H36N8/c1-19(2)36(4)12-13-37(5)27-14-20(3)26(15-25(27)32)34-30-33-17-22(16-31)28(35-30)24-18-38-11-7-9-21-8-6-10-23(24)29(21)38/h6,8,10,14-15,17-19H,7,9,11-13,32H2,1-5H3,(H,33,34,35). The molecule has 0 spiro atoms. The minimum Gasteiger partial charge on any atom is -0.397 e. The Morgan fingerprint density at radius 1 is 1.21 bits per heavy atom. The molecular formula is C30H36N8. The molecular weight excluding hydrogens is 472 g/mol. The highest BCUT2D eigenvalue weighted by atomic mass is 15.2. The van der Waals surface area contributed by atoms with Crippen molar-refractivity contribution in [1.82, 2.24) is 19.4 Å². The number of para-hydroxylation sites is 1. The molecule has 1 aliphatic rings. The molecule has 3 heterocycles. The van der Waals surface area contributed by atoms with Gasteiger partial charge in [-0.1, -0.05) is 18.2 Å². The molecule has 0 atom stereocenters. The second-order valence-electron chi connectivity index (χ2n) is 10.6. The van der Waals surface area contributed by atoms with Gasteiger partial charge in [0.25, 0.3) is 0 Å². The van der Waals surface area contributed by atoms with Crippen molar-refractivity contribution in [2.75, 3.05) is 43.1 Å². The fraction of sp³-hybridized carbons (Fsp3) is 0.367. The first-order valence-corrected chi connectivity index (χ1v) is 13.2. The molecule has 0 unspecified atom stereocenters. The highest BCUT2D eigenvalue weighted by molar-refractivity contribution is 5.98. The van der Waals surface area contributed by atoms with Crippen LogP contribution in [0.15, 0.2) is 42.7 Å². The zero-order valence-corrected chi connectivity index (χ0v) is 22.9. The van der Waals surface area contributed by atoms with Gasteiger partial charge in [-0.3, -0.25) is 0 Å². The summed E-state index contributed by atoms with van der Waals surface area (Å²) in [6.45, 7) is 9.24. The lowest BCUT2D eigenvalue weighted by Gasteiger charge is -2.27. The molecule has 0 bridgehead atoms. The number of aryl methyl sites for hydroxylation is 3. The van der Waals surface area contributed by atoms with Crippen molar-refractivity contribution in [2.45, 2.75) is 46.2 Å². The third kappa shape index (κ3) is 4.77. The number of nitriles is 1. The van der Waals surface area contributed by atoms with Crippen LogP contribution < -0.4 is 16.0 Å². The molecule has 0 aliphatic carbocycles. The zero-order chi connectivity index (χ0) is 27.0. The van der Waals surface area contributed by atoms with Crippen LogP contribution in [0, 0.1) is 18.3 Å². The van der Waals surface area contributed by atoms with Crippen molar-refractivity contribution in [3.8, 4) is 17.3 Å². The van der Waals surface area contributed by atoms with Gasteiger partial charge in [0.1, 0.15) is 6.07 Å². The van der Waals surface area contributed by atoms with Crippen molar-refractivity contribution in [3.05, 3.63) is 59.4 Å². The molecule has 0 amide bonds. The molecule has 8 nitrogen and oxygen atoms in total. The van der Waals surface area contributed by atoms with E-state index in [0.29, 0.717) is 28.9 Å². The van der Waals surface area contributed by atoms with Crippen molar-refractivity contribution < 1.29 is 0 Å². The van der Waals surface area contributed by atoms with Gasteiger partial charge in [-0.25, -0.2) is 9.97 Å². The Kier molecular flexibility index (Phi) is 6.96. The van der Waals surface area contributed by atoms with E-state index in [2.05, 4.69) is 96.1 Å². The summed E-state index contributed by atoms with van der Waals surface area (Å²) >= 11 is 0. The average molecular weight is 509 g/mol. The second-order valence-corrected chi connectivity index (χ2v) is 10.6. The van der Waals surface area contributed by atoms with Crippen molar-refractivity contribution >= 4 is 33.9 Å². The van der Waals surface area contributed by atoms with Crippen LogP contribution in [0.5, 0.6) is 0 Å². The highest BCUT2D eigenvalue weighted by Gasteiger charge is 2.20. The number of nitrogen functional groups attached to an aromatic ring is 1. The normalized spacial score (nSPS) is 12.8. The molecule has 0 saturated carbocycles. The van der Waals surface area contributed by atoms with Crippen LogP contribution in [0.2, 0.25) is 0 Å². The van der Waals surface area contributed by atoms with Gasteiger partial charge in [-0.2, -0.15) is 5.26 Å². The molecule has 4 aromatic rings. The first kappa shape index (κ1) is 25.6. The number of hydrogen-bond acceptors (Lipinski definition) is 7. The van der Waals surface area contributed by atoms with Crippen LogP contribution in [0.1, 0.15) is 37.0 Å². The van der Waals surface area contributed by atoms with E-state index in [9.17, 15) is 5.26 Å². The molecule has 1 aliphatic heterocycles. The molecule has 38 heavy (non-hydrogen) atoms. The van der Waals surface area contributed by atoms with Gasteiger partial charge >= 0.3 is 0 Å². The monoisotopic (exact) mass is 508 g/mol. The maximum absolute atomic E-state index is 9.85. The number of hydrogen-bond donors (Lipinski definition) is 2. The van der Waals surface area contributed by atoms with E-state index in [1.165, 1.54) is 11.1 Å². The number of anilines is 4. The fourth-order valence-corrected chi connectivity index (χ4v) is 5.16. The first-order chi connectivity index (χ1) is 18.3. The van der Waals surface area contributed by atoms with E-state index in [1.807, 2.05) is 6.07 Å². The average Bonchev–Trinajstić information content (AvgIpc) is 3.29. The van der Waals surface area contributed by atoms with Gasteiger partial charge in [0.05, 0.1) is 34.3 Å². The van der Waals surface area contributed by atoms with Gasteiger partial charge in [0, 0.05) is 55.6 Å². The summed E-state index contributed by atoms with van der Waals surface area (Å²) < 4.78 is 2.29. The minimum atomic E-state index is 0.438. The quantitative estimate of drug-likeness (QED) is 0.311. The molecule has 5 rings (SSSR count). The van der Waals surface area contributed by atoms with Crippen LogP contribution in [0.4, 0.5) is 23.0 Å². The lowest BCUT2D eigenvalue weighted by atomic mass is 10.0. The molecule has 2 aromatic carbocycles. The summed E-state index contributed by atoms with van der Waals surface area (Å²) in [5.74, 6) is 0.438. The molecule has 0 fully saturated rings. The van der Waals surface area contributed by atoms with Gasteiger partial charge in [0.2, 0.25) is 5.95 Å². The van der Waals surface area contributed by atoms with Crippen LogP contribution in [0.3, 0.4) is 0 Å². The van der Waals surface area contributed by atoms with Crippen LogP contribution in [0.25, 0.3) is 22.2 Å². The first-order valence-electron chi connectivity index (χ1n) is 13.2. The van der Waals surface area contributed by atoms with E-state index in [-0.39, 0.29) is 0 Å². The fourth-order valence-electron chi connectivity index (χ4n) is 5.16. The summed E-state index contributed by atoms with van der Waals surface area (Å²) in [4.78, 5) is 13.8. The molecule has 0 radical (unpaired) electrons. The van der Waals surface area contributed by atoms with E-state index in [1.54, 1.807) is 6.20 Å². The second kappa shape index (κ2) is 10.3. The number of nitrogens with one attached hydrogen (secondary N) is 1. The lowest BCUT2D eigenvalue weighted by molar-refractivity contribution is 0.280. The van der Waals surface area contributed by atoms with E-state index < -0.39 is 0 Å². The van der Waals surface area contributed by atoms with E-state index >= 15 is 0 Å². The van der Waals surface area contributed by atoms with E-state index in [0.717, 1.165) is 60.4 Å². The number of aromatic nitrogens is 3. The smallest absolute Gasteiger partial charge is 0.227 e. The maximum Gasteiger partial charge on any atom is 0.227 e. The summed E-state index contributed by atoms with van der Waals surface area (Å²) in [7, 11) is 4.21. The number of nitrogens with two attached hydrogens (primary N) is 1. The predicted octanol–water partition coefficient (Wildman–Crippen LogP) is 5.33. The van der Waals surface area contributed by atoms with Crippen LogP contribution in [-0.4, -0.2) is 52.7 Å². The third-order valence-corrected chi connectivity index (χ3v) is 7.69. The molecule has 0 saturated heterocycles. The number of likely N-dealkylation sites (N-methyl/N-ethyl adjacent to an activating group) is 2. The summed E-state index contributed by atoms with van der Waals surface area (Å²) in [5.41, 5.74) is 14.7. The van der Waals surface area contributed by atoms with Gasteiger partial charge < -0.3 is 25.4 Å². The van der Waals surface area contributed by atoms with Crippen molar-refractivity contribution in [3.63, 3.8) is 0 Å². The number of nitrogens with zero attached hydrogens (tertiary/aromatic N) is 6. The van der Waals surface area contributed by atoms with Gasteiger partial charge in [0.15, 0.2) is 0 Å². The molecule has 8 heteroatoms. The predicted molar refractivity (Wildman–Crippen MR) is 156 cm³/mol. The topological polar surface area (TPSA) is 99.0 Å². The van der Waals surface area contributed by atoms with Crippen LogP contribution in [-0.2, 0) is 13.0 Å². The van der Waals surface area contributed by atoms with Crippen LogP contribution >= 0.6 is 0 Å². The summed E-state index contributed by atoms with van der Waals surface area (Å²) in [5, 5.41) is 14.3. The zero-order valence-electron chi connectivity index (χ0n) is 22.9. The SMILES string of the molecule is Cc1cc(N(C)CCN(C)C(C)C)c(N)cc1Nc1ncc(C#N)c(-c2cn3c4c(cccc24)CCC3)n1. The minimum absolute atomic E-state index is 0.438. The number of benzene rings is 2. The van der Waals surface area contributed by atoms with Gasteiger partial charge in [-0.05, 0) is 63.9 Å². The third-order valence-electron chi connectivity index (χ3n) is 7.69. The Morgan fingerprint density at radius 3 is 2.79 bits per heavy atom. The Hall–Kier alpha value is -4.09. The van der Waals surface area contributed by atoms with Crippen molar-refractivity contribution in [1.29, 1.82) is 5.26 Å². The summed E-state index contributed by atoms with van der Waals surface area (Å²) in [6, 6.07) is 13.2. The summed E-state index contributed by atoms with van der Waals surface area (Å²) in [6.07, 6.45) is 5.92. The van der Waals surface area contributed by atoms with Gasteiger partial charge in [-0.15, -0.1) is 0 Å². The largest absolute Gasteiger partial charge is 0.397 e. The molecule has 196 valence electrons. The molecule has 3 N–H and O–H groups in total. The lowest BCUT2D eigenvalue weighted by Crippen LogP contribution is -2.35. The Bertz CT molecular complexity index is 1530. The maximum atomic E-state index is 9.85. The Morgan fingerprint density at radius 2 is 2.03 bits per heavy atom. The Balaban J connectivity index is 1.45. The van der Waals surface area contributed by atoms with E-state index in [4.69, 9.17) is 10.7 Å². The van der Waals surface area contributed by atoms with Crippen molar-refractivity contribution in [2.24, 2.45) is 0 Å². The highest BCUT2D eigenvalue weighted by Crippen LogP contribution is 2.36.